The Morgan fingerprint density at radius 3 is 1.90 bits per heavy atom. The van der Waals surface area contributed by atoms with E-state index in [1.54, 1.807) is 12.1 Å². The molecule has 3 aromatic rings. The Morgan fingerprint density at radius 1 is 0.875 bits per heavy atom. The van der Waals surface area contributed by atoms with Crippen molar-refractivity contribution in [2.45, 2.75) is 18.4 Å². The molecule has 0 saturated heterocycles. The van der Waals surface area contributed by atoms with Gasteiger partial charge in [-0.15, -0.1) is 0 Å². The summed E-state index contributed by atoms with van der Waals surface area (Å²) in [5.41, 5.74) is 4.91. The van der Waals surface area contributed by atoms with Crippen molar-refractivity contribution in [1.29, 1.82) is 0 Å². The molecule has 0 radical (unpaired) electrons. The van der Waals surface area contributed by atoms with Crippen molar-refractivity contribution < 1.29 is 37.8 Å². The largest absolute Gasteiger partial charge is 0.564 e. The first-order valence-corrected chi connectivity index (χ1v) is 14.0. The van der Waals surface area contributed by atoms with Crippen LogP contribution in [-0.4, -0.2) is 68.1 Å². The van der Waals surface area contributed by atoms with E-state index in [0.717, 1.165) is 22.3 Å². The Morgan fingerprint density at radius 2 is 1.40 bits per heavy atom. The summed E-state index contributed by atoms with van der Waals surface area (Å²) >= 11 is 0. The number of alkyl carbamates (subject to hydrolysis) is 1. The number of rotatable bonds is 12. The van der Waals surface area contributed by atoms with Gasteiger partial charge < -0.3 is 19.7 Å². The van der Waals surface area contributed by atoms with E-state index in [1.165, 1.54) is 50.4 Å². The van der Waals surface area contributed by atoms with Crippen LogP contribution >= 0.6 is 7.82 Å². The van der Waals surface area contributed by atoms with Gasteiger partial charge in [0.25, 0.3) is 0 Å². The van der Waals surface area contributed by atoms with Crippen molar-refractivity contribution in [3.63, 3.8) is 0 Å². The second-order valence-corrected chi connectivity index (χ2v) is 10.9. The highest BCUT2D eigenvalue weighted by atomic mass is 31.2. The van der Waals surface area contributed by atoms with Crippen molar-refractivity contribution >= 4 is 19.9 Å². The van der Waals surface area contributed by atoms with Crippen LogP contribution in [0.2, 0.25) is 0 Å². The molecule has 4 rings (SSSR count). The van der Waals surface area contributed by atoms with Crippen molar-refractivity contribution in [1.82, 2.24) is 15.4 Å². The number of fused-ring (bicyclic) bond motifs is 3. The first kappa shape index (κ1) is 29.3. The standard InChI is InChI=1S/C28H32N3O8P/c1-30(2)38-40(35,39-31(3)4)37-20-15-13-19(14-16-20)17-26(27(32)33)29-28(34)36-18-25-23-11-7-5-9-21(23)22-10-6-8-12-24(22)25/h5-16,25-26H,17-18H2,1-4H3,(H,29,34)(H,32,33)/t26-/m0/s1. The maximum atomic E-state index is 12.9. The highest BCUT2D eigenvalue weighted by Gasteiger charge is 2.33. The predicted octanol–water partition coefficient (Wildman–Crippen LogP) is 4.69. The van der Waals surface area contributed by atoms with Crippen molar-refractivity contribution in [2.75, 3.05) is 34.8 Å². The maximum absolute atomic E-state index is 12.9. The molecule has 1 amide bonds. The van der Waals surface area contributed by atoms with Gasteiger partial charge in [-0.2, -0.15) is 19.4 Å². The SMILES string of the molecule is CN(C)OP(=O)(Oc1ccc(C[C@H](NC(=O)OCC2c3ccccc3-c3ccccc32)C(=O)O)cc1)ON(C)C. The molecular formula is C28H32N3O8P. The third-order valence-electron chi connectivity index (χ3n) is 6.04. The summed E-state index contributed by atoms with van der Waals surface area (Å²) in [6, 6.07) is 20.9. The topological polar surface area (TPSA) is 127 Å². The van der Waals surface area contributed by atoms with Crippen LogP contribution in [0.5, 0.6) is 5.75 Å². The zero-order valence-corrected chi connectivity index (χ0v) is 23.5. The number of ether oxygens (including phenoxy) is 1. The molecule has 0 unspecified atom stereocenters. The summed E-state index contributed by atoms with van der Waals surface area (Å²) in [5.74, 6) is -1.16. The molecule has 212 valence electrons. The van der Waals surface area contributed by atoms with Crippen molar-refractivity contribution in [2.24, 2.45) is 0 Å². The Kier molecular flexibility index (Phi) is 9.24. The summed E-state index contributed by atoms with van der Waals surface area (Å²) in [6.07, 6.45) is -0.836. The number of hydrogen-bond acceptors (Lipinski definition) is 9. The molecule has 40 heavy (non-hydrogen) atoms. The molecule has 1 atom stereocenters. The van der Waals surface area contributed by atoms with Gasteiger partial charge in [-0.1, -0.05) is 60.7 Å². The van der Waals surface area contributed by atoms with Crippen molar-refractivity contribution in [3.05, 3.63) is 89.5 Å². The van der Waals surface area contributed by atoms with E-state index >= 15 is 0 Å². The number of carbonyl (C=O) groups excluding carboxylic acids is 1. The number of amides is 1. The summed E-state index contributed by atoms with van der Waals surface area (Å²) in [6.45, 7) is 0.0718. The first-order chi connectivity index (χ1) is 19.0. The number of benzene rings is 3. The molecule has 0 bridgehead atoms. The monoisotopic (exact) mass is 569 g/mol. The van der Waals surface area contributed by atoms with Gasteiger partial charge in [0.2, 0.25) is 0 Å². The number of nitrogens with one attached hydrogen (secondary N) is 1. The zero-order chi connectivity index (χ0) is 28.9. The molecule has 1 aliphatic carbocycles. The molecule has 11 nitrogen and oxygen atoms in total. The Balaban J connectivity index is 1.37. The van der Waals surface area contributed by atoms with Crippen LogP contribution in [0.4, 0.5) is 4.79 Å². The molecule has 0 aliphatic heterocycles. The predicted molar refractivity (Wildman–Crippen MR) is 148 cm³/mol. The molecule has 0 heterocycles. The Hall–Kier alpha value is -3.73. The van der Waals surface area contributed by atoms with Crippen LogP contribution in [-0.2, 0) is 29.8 Å². The van der Waals surface area contributed by atoms with Crippen LogP contribution < -0.4 is 9.84 Å². The van der Waals surface area contributed by atoms with E-state index in [2.05, 4.69) is 5.32 Å². The lowest BCUT2D eigenvalue weighted by Gasteiger charge is -2.23. The Bertz CT molecular complexity index is 1340. The zero-order valence-electron chi connectivity index (χ0n) is 22.6. The average Bonchev–Trinajstić information content (AvgIpc) is 3.20. The lowest BCUT2D eigenvalue weighted by atomic mass is 9.98. The molecule has 0 aromatic heterocycles. The number of nitrogens with zero attached hydrogens (tertiary/aromatic N) is 2. The van der Waals surface area contributed by atoms with Gasteiger partial charge in [-0.3, -0.25) is 0 Å². The van der Waals surface area contributed by atoms with E-state index in [-0.39, 0.29) is 24.7 Å². The van der Waals surface area contributed by atoms with E-state index in [0.29, 0.717) is 5.56 Å². The number of carboxylic acid groups (broad SMARTS) is 1. The minimum absolute atomic E-state index is 0.0140. The summed E-state index contributed by atoms with van der Waals surface area (Å²) < 4.78 is 34.2. The fourth-order valence-corrected chi connectivity index (χ4v) is 5.76. The normalized spacial score (nSPS) is 13.6. The number of hydroxylamine groups is 4. The molecule has 3 aromatic carbocycles. The van der Waals surface area contributed by atoms with Crippen LogP contribution in [0.3, 0.4) is 0 Å². The highest BCUT2D eigenvalue weighted by molar-refractivity contribution is 7.48. The van der Waals surface area contributed by atoms with Crippen LogP contribution in [0.1, 0.15) is 22.6 Å². The quantitative estimate of drug-likeness (QED) is 0.234. The van der Waals surface area contributed by atoms with Crippen LogP contribution in [0, 0.1) is 0 Å². The van der Waals surface area contributed by atoms with E-state index in [4.69, 9.17) is 18.5 Å². The second-order valence-electron chi connectivity index (χ2n) is 9.54. The van der Waals surface area contributed by atoms with E-state index < -0.39 is 25.9 Å². The van der Waals surface area contributed by atoms with Gasteiger partial charge in [0.15, 0.2) is 0 Å². The third kappa shape index (κ3) is 7.26. The van der Waals surface area contributed by atoms with Gasteiger partial charge in [0.05, 0.1) is 0 Å². The number of hydrogen-bond donors (Lipinski definition) is 2. The smallest absolute Gasteiger partial charge is 0.480 e. The Labute approximate surface area is 232 Å². The highest BCUT2D eigenvalue weighted by Crippen LogP contribution is 2.50. The molecule has 2 N–H and O–H groups in total. The summed E-state index contributed by atoms with van der Waals surface area (Å²) in [5, 5.41) is 14.6. The van der Waals surface area contributed by atoms with Gasteiger partial charge in [-0.25, -0.2) is 14.2 Å². The van der Waals surface area contributed by atoms with Crippen LogP contribution in [0.25, 0.3) is 11.1 Å². The third-order valence-corrected chi connectivity index (χ3v) is 7.53. The van der Waals surface area contributed by atoms with Gasteiger partial charge >= 0.3 is 19.9 Å². The van der Waals surface area contributed by atoms with Gasteiger partial charge in [-0.05, 0) is 39.9 Å². The number of carboxylic acids is 1. The number of aliphatic carboxylic acids is 1. The number of carbonyl (C=O) groups is 2. The summed E-state index contributed by atoms with van der Waals surface area (Å²) in [7, 11) is 2.14. The first-order valence-electron chi connectivity index (χ1n) is 12.5. The van der Waals surface area contributed by atoms with Crippen molar-refractivity contribution in [3.8, 4) is 16.9 Å². The summed E-state index contributed by atoms with van der Waals surface area (Å²) in [4.78, 5) is 24.5. The maximum Gasteiger partial charge on any atom is 0.564 e. The second kappa shape index (κ2) is 12.6. The molecule has 0 saturated carbocycles. The number of phosphoric acid groups is 1. The lowest BCUT2D eigenvalue weighted by molar-refractivity contribution is -0.139. The minimum atomic E-state index is -4.00. The molecule has 0 fully saturated rings. The fraction of sp³-hybridized carbons (Fsp3) is 0.286. The molecule has 0 spiro atoms. The lowest BCUT2D eigenvalue weighted by Crippen LogP contribution is -2.42. The minimum Gasteiger partial charge on any atom is -0.480 e. The van der Waals surface area contributed by atoms with E-state index in [9.17, 15) is 19.3 Å². The molecule has 1 aliphatic rings. The van der Waals surface area contributed by atoms with E-state index in [1.807, 2.05) is 48.5 Å². The van der Waals surface area contributed by atoms with Gasteiger partial charge in [0, 0.05) is 40.5 Å². The molecule has 12 heteroatoms. The van der Waals surface area contributed by atoms with Crippen LogP contribution in [0.15, 0.2) is 72.8 Å². The van der Waals surface area contributed by atoms with Gasteiger partial charge in [0.1, 0.15) is 18.4 Å². The fourth-order valence-electron chi connectivity index (χ4n) is 4.48. The average molecular weight is 570 g/mol. The molecular weight excluding hydrogens is 537 g/mol.